The van der Waals surface area contributed by atoms with Crippen LogP contribution in [0.5, 0.6) is 0 Å². The highest BCUT2D eigenvalue weighted by atomic mass is 19.1. The molecule has 0 fully saturated rings. The Morgan fingerprint density at radius 1 is 0.935 bits per heavy atom. The Kier molecular flexibility index (Phi) is 6.36. The van der Waals surface area contributed by atoms with Crippen molar-refractivity contribution in [3.05, 3.63) is 66.4 Å². The zero-order valence-electron chi connectivity index (χ0n) is 16.4. The molecule has 0 amide bonds. The van der Waals surface area contributed by atoms with Crippen LogP contribution in [0.2, 0.25) is 0 Å². The maximum atomic E-state index is 13.0. The molecule has 0 saturated heterocycles. The van der Waals surface area contributed by atoms with E-state index in [9.17, 15) is 9.18 Å². The maximum absolute atomic E-state index is 13.0. The molecule has 0 aliphatic carbocycles. The monoisotopic (exact) mass is 423 g/mol. The Bertz CT molecular complexity index is 1130. The zero-order chi connectivity index (χ0) is 21.5. The smallest absolute Gasteiger partial charge is 0.306 e. The van der Waals surface area contributed by atoms with E-state index in [4.69, 9.17) is 13.8 Å². The average molecular weight is 423 g/mol. The first kappa shape index (κ1) is 20.3. The molecule has 31 heavy (non-hydrogen) atoms. The van der Waals surface area contributed by atoms with E-state index in [1.807, 2.05) is 6.07 Å². The molecule has 1 aromatic carbocycles. The topological polar surface area (TPSA) is 117 Å². The van der Waals surface area contributed by atoms with Gasteiger partial charge < -0.3 is 13.8 Å². The first-order valence-corrected chi connectivity index (χ1v) is 9.64. The average Bonchev–Trinajstić information content (AvgIpc) is 3.46. The highest BCUT2D eigenvalue weighted by Gasteiger charge is 2.12. The van der Waals surface area contributed by atoms with E-state index in [1.54, 1.807) is 30.6 Å². The zero-order valence-corrected chi connectivity index (χ0v) is 16.4. The van der Waals surface area contributed by atoms with E-state index in [1.165, 1.54) is 12.1 Å². The third-order valence-corrected chi connectivity index (χ3v) is 4.30. The van der Waals surface area contributed by atoms with Crippen molar-refractivity contribution in [1.29, 1.82) is 0 Å². The molecule has 10 heteroatoms. The van der Waals surface area contributed by atoms with Gasteiger partial charge in [0.2, 0.25) is 23.4 Å². The molecule has 158 valence electrons. The van der Waals surface area contributed by atoms with Gasteiger partial charge in [-0.25, -0.2) is 4.39 Å². The van der Waals surface area contributed by atoms with Crippen molar-refractivity contribution >= 4 is 5.97 Å². The van der Waals surface area contributed by atoms with Crippen LogP contribution in [0.3, 0.4) is 0 Å². The molecule has 3 heterocycles. The lowest BCUT2D eigenvalue weighted by molar-refractivity contribution is -0.143. The van der Waals surface area contributed by atoms with Gasteiger partial charge in [0.15, 0.2) is 0 Å². The minimum atomic E-state index is -0.372. The van der Waals surface area contributed by atoms with E-state index in [0.29, 0.717) is 41.8 Å². The van der Waals surface area contributed by atoms with Crippen LogP contribution in [0.4, 0.5) is 4.39 Å². The van der Waals surface area contributed by atoms with Crippen LogP contribution >= 0.6 is 0 Å². The summed E-state index contributed by atoms with van der Waals surface area (Å²) in [7, 11) is 0. The van der Waals surface area contributed by atoms with Crippen molar-refractivity contribution < 1.29 is 23.0 Å². The first-order valence-electron chi connectivity index (χ1n) is 9.64. The number of benzene rings is 1. The molecule has 0 bridgehead atoms. The summed E-state index contributed by atoms with van der Waals surface area (Å²) in [5, 5.41) is 7.75. The lowest BCUT2D eigenvalue weighted by Gasteiger charge is -2.02. The summed E-state index contributed by atoms with van der Waals surface area (Å²) in [6, 6.07) is 9.38. The van der Waals surface area contributed by atoms with Crippen LogP contribution in [-0.2, 0) is 22.4 Å². The summed E-state index contributed by atoms with van der Waals surface area (Å²) in [6.45, 7) is 0.230. The van der Waals surface area contributed by atoms with Gasteiger partial charge in [-0.3, -0.25) is 9.78 Å². The Morgan fingerprint density at radius 3 is 2.35 bits per heavy atom. The number of esters is 1. The normalized spacial score (nSPS) is 10.9. The van der Waals surface area contributed by atoms with Crippen LogP contribution < -0.4 is 0 Å². The molecule has 0 radical (unpaired) electrons. The largest absolute Gasteiger partial charge is 0.466 e. The summed E-state index contributed by atoms with van der Waals surface area (Å²) < 4.78 is 28.5. The summed E-state index contributed by atoms with van der Waals surface area (Å²) in [6.07, 6.45) is 4.73. The number of aromatic nitrogens is 5. The number of ether oxygens (including phenoxy) is 1. The Morgan fingerprint density at radius 2 is 1.65 bits per heavy atom. The van der Waals surface area contributed by atoms with Gasteiger partial charge in [0, 0.05) is 36.4 Å². The number of pyridine rings is 1. The highest BCUT2D eigenvalue weighted by molar-refractivity contribution is 5.69. The number of hydrogen-bond acceptors (Lipinski definition) is 9. The summed E-state index contributed by atoms with van der Waals surface area (Å²) in [5.41, 5.74) is 1.40. The van der Waals surface area contributed by atoms with E-state index in [0.717, 1.165) is 5.56 Å². The third-order valence-electron chi connectivity index (χ3n) is 4.30. The summed E-state index contributed by atoms with van der Waals surface area (Å²) in [4.78, 5) is 24.4. The molecular formula is C21H18FN5O4. The SMILES string of the molecule is O=C(CCc1nc(-c2ccc(F)cc2)no1)OCCCc1nc(-c2cccnc2)no1. The van der Waals surface area contributed by atoms with E-state index in [2.05, 4.69) is 25.3 Å². The van der Waals surface area contributed by atoms with Crippen LogP contribution in [0.1, 0.15) is 24.6 Å². The van der Waals surface area contributed by atoms with Gasteiger partial charge in [0.1, 0.15) is 5.82 Å². The summed E-state index contributed by atoms with van der Waals surface area (Å²) in [5.74, 6) is 0.874. The molecule has 4 aromatic rings. The van der Waals surface area contributed by atoms with E-state index < -0.39 is 0 Å². The van der Waals surface area contributed by atoms with Gasteiger partial charge in [0.05, 0.1) is 13.0 Å². The Balaban J connectivity index is 1.17. The van der Waals surface area contributed by atoms with Gasteiger partial charge in [-0.15, -0.1) is 0 Å². The molecule has 0 spiro atoms. The van der Waals surface area contributed by atoms with Gasteiger partial charge in [-0.2, -0.15) is 9.97 Å². The van der Waals surface area contributed by atoms with Crippen molar-refractivity contribution in [3.63, 3.8) is 0 Å². The van der Waals surface area contributed by atoms with Crippen molar-refractivity contribution in [2.24, 2.45) is 0 Å². The molecular weight excluding hydrogens is 405 g/mol. The molecule has 0 unspecified atom stereocenters. The minimum absolute atomic E-state index is 0.108. The van der Waals surface area contributed by atoms with E-state index in [-0.39, 0.29) is 31.2 Å². The highest BCUT2D eigenvalue weighted by Crippen LogP contribution is 2.17. The summed E-state index contributed by atoms with van der Waals surface area (Å²) >= 11 is 0. The van der Waals surface area contributed by atoms with Gasteiger partial charge in [-0.05, 0) is 42.8 Å². The predicted molar refractivity (Wildman–Crippen MR) is 105 cm³/mol. The second-order valence-electron chi connectivity index (χ2n) is 6.60. The van der Waals surface area contributed by atoms with E-state index >= 15 is 0 Å². The quantitative estimate of drug-likeness (QED) is 0.295. The number of carbonyl (C=O) groups excluding carboxylic acids is 1. The third kappa shape index (κ3) is 5.56. The molecule has 0 atom stereocenters. The lowest BCUT2D eigenvalue weighted by atomic mass is 10.2. The number of hydrogen-bond donors (Lipinski definition) is 0. The molecule has 0 aliphatic rings. The van der Waals surface area contributed by atoms with Crippen LogP contribution in [0, 0.1) is 5.82 Å². The molecule has 4 rings (SSSR count). The standard InChI is InChI=1S/C21H18FN5O4/c22-16-7-5-14(6-8-16)20-25-18(31-26-20)9-10-19(28)29-12-2-4-17-24-21(27-30-17)15-3-1-11-23-13-15/h1,3,5-8,11,13H,2,4,9-10,12H2. The predicted octanol–water partition coefficient (Wildman–Crippen LogP) is 3.43. The van der Waals surface area contributed by atoms with Crippen LogP contribution in [0.25, 0.3) is 22.8 Å². The molecule has 3 aromatic heterocycles. The van der Waals surface area contributed by atoms with Gasteiger partial charge in [0.25, 0.3) is 0 Å². The maximum Gasteiger partial charge on any atom is 0.306 e. The van der Waals surface area contributed by atoms with Crippen LogP contribution in [-0.4, -0.2) is 37.8 Å². The second-order valence-corrected chi connectivity index (χ2v) is 6.60. The Labute approximate surface area is 176 Å². The molecule has 0 aliphatic heterocycles. The number of nitrogens with zero attached hydrogens (tertiary/aromatic N) is 5. The minimum Gasteiger partial charge on any atom is -0.466 e. The van der Waals surface area contributed by atoms with Gasteiger partial charge in [-0.1, -0.05) is 10.3 Å². The van der Waals surface area contributed by atoms with Crippen molar-refractivity contribution in [2.75, 3.05) is 6.61 Å². The fourth-order valence-corrected chi connectivity index (χ4v) is 2.73. The first-order chi connectivity index (χ1) is 15.2. The molecule has 0 saturated carbocycles. The number of rotatable bonds is 9. The number of aryl methyl sites for hydroxylation is 2. The van der Waals surface area contributed by atoms with Crippen molar-refractivity contribution in [3.8, 4) is 22.8 Å². The van der Waals surface area contributed by atoms with Gasteiger partial charge >= 0.3 is 5.97 Å². The van der Waals surface area contributed by atoms with Crippen LogP contribution in [0.15, 0.2) is 57.8 Å². The number of halogens is 1. The Hall–Kier alpha value is -3.95. The fourth-order valence-electron chi connectivity index (χ4n) is 2.73. The van der Waals surface area contributed by atoms with Crippen molar-refractivity contribution in [1.82, 2.24) is 25.3 Å². The molecule has 9 nitrogen and oxygen atoms in total. The second kappa shape index (κ2) is 9.70. The number of carbonyl (C=O) groups is 1. The van der Waals surface area contributed by atoms with Crippen molar-refractivity contribution in [2.45, 2.75) is 25.7 Å². The fraction of sp³-hybridized carbons (Fsp3) is 0.238. The molecule has 0 N–H and O–H groups in total. The lowest BCUT2D eigenvalue weighted by Crippen LogP contribution is -2.08.